The van der Waals surface area contributed by atoms with Crippen LogP contribution in [-0.2, 0) is 4.79 Å². The van der Waals surface area contributed by atoms with Gasteiger partial charge < -0.3 is 15.5 Å². The molecule has 2 unspecified atom stereocenters. The zero-order chi connectivity index (χ0) is 32.9. The molecule has 268 valence electrons. The summed E-state index contributed by atoms with van der Waals surface area (Å²) in [6, 6.07) is -0.536. The van der Waals surface area contributed by atoms with Crippen molar-refractivity contribution in [2.24, 2.45) is 0 Å². The van der Waals surface area contributed by atoms with E-state index >= 15 is 0 Å². The molecule has 0 aliphatic heterocycles. The summed E-state index contributed by atoms with van der Waals surface area (Å²) in [4.78, 5) is 12.3. The molecule has 4 nitrogen and oxygen atoms in total. The largest absolute Gasteiger partial charge is 0.394 e. The summed E-state index contributed by atoms with van der Waals surface area (Å²) in [5, 5.41) is 23.1. The maximum Gasteiger partial charge on any atom is 0.220 e. The van der Waals surface area contributed by atoms with Gasteiger partial charge in [0.1, 0.15) is 0 Å². The van der Waals surface area contributed by atoms with Crippen molar-refractivity contribution in [1.82, 2.24) is 5.32 Å². The Morgan fingerprint density at radius 2 is 0.844 bits per heavy atom. The zero-order valence-electron chi connectivity index (χ0n) is 30.7. The highest BCUT2D eigenvalue weighted by Crippen LogP contribution is 2.16. The predicted molar refractivity (Wildman–Crippen MR) is 198 cm³/mol. The number of unbranched alkanes of at least 4 members (excludes halogenated alkanes) is 28. The van der Waals surface area contributed by atoms with E-state index in [9.17, 15) is 15.0 Å². The second kappa shape index (κ2) is 37.6. The lowest BCUT2D eigenvalue weighted by Gasteiger charge is -2.22. The van der Waals surface area contributed by atoms with E-state index in [1.54, 1.807) is 0 Å². The minimum atomic E-state index is -0.658. The maximum absolute atomic E-state index is 12.3. The maximum atomic E-state index is 12.3. The van der Waals surface area contributed by atoms with Gasteiger partial charge in [0.2, 0.25) is 5.91 Å². The van der Waals surface area contributed by atoms with Gasteiger partial charge in [0.15, 0.2) is 0 Å². The molecule has 2 atom stereocenters. The van der Waals surface area contributed by atoms with Crippen LogP contribution in [0.5, 0.6) is 0 Å². The fourth-order valence-corrected chi connectivity index (χ4v) is 6.36. The molecule has 0 fully saturated rings. The van der Waals surface area contributed by atoms with Gasteiger partial charge in [-0.3, -0.25) is 4.79 Å². The molecule has 0 bridgehead atoms. The number of nitrogens with one attached hydrogen (secondary N) is 1. The molecule has 1 amide bonds. The number of rotatable bonds is 37. The van der Waals surface area contributed by atoms with Crippen LogP contribution in [0.1, 0.15) is 226 Å². The van der Waals surface area contributed by atoms with E-state index in [0.29, 0.717) is 12.8 Å². The van der Waals surface area contributed by atoms with E-state index < -0.39 is 12.1 Å². The van der Waals surface area contributed by atoms with Crippen LogP contribution in [0, 0.1) is 0 Å². The highest BCUT2D eigenvalue weighted by atomic mass is 16.3. The van der Waals surface area contributed by atoms with E-state index in [-0.39, 0.29) is 12.5 Å². The summed E-state index contributed by atoms with van der Waals surface area (Å²) >= 11 is 0. The van der Waals surface area contributed by atoms with Crippen LogP contribution < -0.4 is 5.32 Å². The van der Waals surface area contributed by atoms with E-state index in [2.05, 4.69) is 31.3 Å². The van der Waals surface area contributed by atoms with E-state index in [1.807, 2.05) is 0 Å². The van der Waals surface area contributed by atoms with Gasteiger partial charge in [-0.05, 0) is 38.5 Å². The van der Waals surface area contributed by atoms with Gasteiger partial charge in [0.05, 0.1) is 18.8 Å². The van der Waals surface area contributed by atoms with Crippen molar-refractivity contribution in [2.75, 3.05) is 6.61 Å². The molecule has 0 spiro atoms. The average molecular weight is 636 g/mol. The average Bonchev–Trinajstić information content (AvgIpc) is 3.04. The first-order valence-corrected chi connectivity index (χ1v) is 20.4. The summed E-state index contributed by atoms with van der Waals surface area (Å²) in [6.07, 6.45) is 45.6. The summed E-state index contributed by atoms with van der Waals surface area (Å²) in [6.45, 7) is 4.35. The van der Waals surface area contributed by atoms with Crippen molar-refractivity contribution in [1.29, 1.82) is 0 Å². The number of aliphatic hydroxyl groups excluding tert-OH is 2. The highest BCUT2D eigenvalue weighted by Gasteiger charge is 2.19. The number of carbonyl (C=O) groups excluding carboxylic acids is 1. The van der Waals surface area contributed by atoms with Crippen LogP contribution in [0.3, 0.4) is 0 Å². The molecule has 0 radical (unpaired) electrons. The van der Waals surface area contributed by atoms with E-state index in [4.69, 9.17) is 0 Å². The highest BCUT2D eigenvalue weighted by molar-refractivity contribution is 5.76. The Kier molecular flexibility index (Phi) is 36.9. The van der Waals surface area contributed by atoms with Crippen LogP contribution in [0.4, 0.5) is 0 Å². The lowest BCUT2D eigenvalue weighted by atomic mass is 10.0. The Labute approximate surface area is 282 Å². The Morgan fingerprint density at radius 3 is 1.24 bits per heavy atom. The Balaban J connectivity index is 3.50. The van der Waals surface area contributed by atoms with Crippen LogP contribution >= 0.6 is 0 Å². The third-order valence-electron chi connectivity index (χ3n) is 9.53. The van der Waals surface area contributed by atoms with Crippen LogP contribution in [-0.4, -0.2) is 34.9 Å². The molecule has 0 saturated heterocycles. The second-order valence-electron chi connectivity index (χ2n) is 14.1. The van der Waals surface area contributed by atoms with Gasteiger partial charge in [0, 0.05) is 6.42 Å². The van der Waals surface area contributed by atoms with Crippen LogP contribution in [0.25, 0.3) is 0 Å². The smallest absolute Gasteiger partial charge is 0.220 e. The SMILES string of the molecule is CCCCCC/C=C\CCCCCCCC(=O)NC(CO)C(O)CCCCCCCCCCCCCCCCCCCCCC. The van der Waals surface area contributed by atoms with Gasteiger partial charge in [-0.1, -0.05) is 193 Å². The topological polar surface area (TPSA) is 69.6 Å². The number of hydrogen-bond donors (Lipinski definition) is 3. The molecule has 0 rings (SSSR count). The van der Waals surface area contributed by atoms with Gasteiger partial charge in [-0.2, -0.15) is 0 Å². The molecule has 0 saturated carbocycles. The lowest BCUT2D eigenvalue weighted by molar-refractivity contribution is -0.123. The number of allylic oxidation sites excluding steroid dienone is 2. The fourth-order valence-electron chi connectivity index (χ4n) is 6.36. The third kappa shape index (κ3) is 34.3. The predicted octanol–water partition coefficient (Wildman–Crippen LogP) is 12.3. The number of carbonyl (C=O) groups is 1. The molecule has 4 heteroatoms. The minimum absolute atomic E-state index is 0.0393. The first-order chi connectivity index (χ1) is 22.2. The van der Waals surface area contributed by atoms with Crippen molar-refractivity contribution in [3.63, 3.8) is 0 Å². The normalized spacial score (nSPS) is 13.1. The molecule has 0 aliphatic carbocycles. The van der Waals surface area contributed by atoms with Gasteiger partial charge in [-0.15, -0.1) is 0 Å². The summed E-state index contributed by atoms with van der Waals surface area (Å²) in [5.41, 5.74) is 0. The fraction of sp³-hybridized carbons (Fsp3) is 0.927. The monoisotopic (exact) mass is 636 g/mol. The van der Waals surface area contributed by atoms with Crippen LogP contribution in [0.15, 0.2) is 12.2 Å². The summed E-state index contributed by atoms with van der Waals surface area (Å²) in [5.74, 6) is -0.0393. The quantitative estimate of drug-likeness (QED) is 0.0470. The van der Waals surface area contributed by atoms with Gasteiger partial charge in [-0.25, -0.2) is 0 Å². The molecule has 3 N–H and O–H groups in total. The molecular formula is C41H81NO3. The lowest BCUT2D eigenvalue weighted by Crippen LogP contribution is -2.45. The van der Waals surface area contributed by atoms with E-state index in [1.165, 1.54) is 173 Å². The Morgan fingerprint density at radius 1 is 0.511 bits per heavy atom. The molecule has 0 aromatic rings. The Hall–Kier alpha value is -0.870. The van der Waals surface area contributed by atoms with Crippen LogP contribution in [0.2, 0.25) is 0 Å². The minimum Gasteiger partial charge on any atom is -0.394 e. The standard InChI is InChI=1S/C41H81NO3/c1-3-5-7-9-11-13-15-17-18-19-20-21-22-23-25-26-28-30-32-34-36-40(44)39(38-43)42-41(45)37-35-33-31-29-27-24-16-14-12-10-8-6-4-2/h14,16,39-40,43-44H,3-13,15,17-38H2,1-2H3,(H,42,45)/b16-14-. The summed E-state index contributed by atoms with van der Waals surface area (Å²) < 4.78 is 0. The first kappa shape index (κ1) is 44.1. The third-order valence-corrected chi connectivity index (χ3v) is 9.53. The van der Waals surface area contributed by atoms with Crippen molar-refractivity contribution < 1.29 is 15.0 Å². The summed E-state index contributed by atoms with van der Waals surface area (Å²) in [7, 11) is 0. The molecule has 0 aromatic heterocycles. The van der Waals surface area contributed by atoms with Crippen molar-refractivity contribution in [3.05, 3.63) is 12.2 Å². The second-order valence-corrected chi connectivity index (χ2v) is 14.1. The zero-order valence-corrected chi connectivity index (χ0v) is 30.7. The van der Waals surface area contributed by atoms with Crippen molar-refractivity contribution in [3.8, 4) is 0 Å². The molecule has 0 aromatic carbocycles. The number of hydrogen-bond acceptors (Lipinski definition) is 3. The van der Waals surface area contributed by atoms with Crippen molar-refractivity contribution >= 4 is 5.91 Å². The van der Waals surface area contributed by atoms with E-state index in [0.717, 1.165) is 25.7 Å². The van der Waals surface area contributed by atoms with Gasteiger partial charge in [0.25, 0.3) is 0 Å². The molecular weight excluding hydrogens is 554 g/mol. The van der Waals surface area contributed by atoms with Gasteiger partial charge >= 0.3 is 0 Å². The molecule has 45 heavy (non-hydrogen) atoms. The molecule has 0 heterocycles. The molecule has 0 aliphatic rings. The Bertz CT molecular complexity index is 608. The number of amides is 1. The number of aliphatic hydroxyl groups is 2. The first-order valence-electron chi connectivity index (χ1n) is 20.4. The van der Waals surface area contributed by atoms with Crippen molar-refractivity contribution in [2.45, 2.75) is 238 Å².